The van der Waals surface area contributed by atoms with E-state index in [0.29, 0.717) is 5.69 Å². The number of anilines is 1. The van der Waals surface area contributed by atoms with E-state index >= 15 is 0 Å². The molecule has 0 aliphatic rings. The molecule has 0 heterocycles. The summed E-state index contributed by atoms with van der Waals surface area (Å²) in [5.74, 6) is 0. The van der Waals surface area contributed by atoms with Crippen LogP contribution in [0.1, 0.15) is 36.6 Å². The van der Waals surface area contributed by atoms with Gasteiger partial charge in [-0.2, -0.15) is 13.2 Å². The van der Waals surface area contributed by atoms with Gasteiger partial charge in [0, 0.05) is 5.69 Å². The fourth-order valence-corrected chi connectivity index (χ4v) is 2.23. The Kier molecular flexibility index (Phi) is 5.49. The second-order valence-electron chi connectivity index (χ2n) is 5.49. The summed E-state index contributed by atoms with van der Waals surface area (Å²) in [6, 6.07) is 11.5. The van der Waals surface area contributed by atoms with Crippen molar-refractivity contribution in [2.45, 2.75) is 32.5 Å². The van der Waals surface area contributed by atoms with E-state index in [0.717, 1.165) is 24.1 Å². The number of hydrogen-bond donors (Lipinski definition) is 2. The van der Waals surface area contributed by atoms with Crippen molar-refractivity contribution < 1.29 is 18.0 Å². The van der Waals surface area contributed by atoms with Crippen LogP contribution in [0.5, 0.6) is 0 Å². The predicted octanol–water partition coefficient (Wildman–Crippen LogP) is 5.15. The van der Waals surface area contributed by atoms with Gasteiger partial charge in [0.05, 0.1) is 11.6 Å². The monoisotopic (exact) mass is 336 g/mol. The summed E-state index contributed by atoms with van der Waals surface area (Å²) in [5.41, 5.74) is 1.71. The third kappa shape index (κ3) is 4.75. The molecule has 6 heteroatoms. The molecule has 128 valence electrons. The summed E-state index contributed by atoms with van der Waals surface area (Å²) in [5, 5.41) is 5.28. The fourth-order valence-electron chi connectivity index (χ4n) is 2.23. The molecule has 1 atom stereocenters. The van der Waals surface area contributed by atoms with Crippen molar-refractivity contribution in [3.8, 4) is 0 Å². The Balaban J connectivity index is 1.94. The molecule has 0 saturated carbocycles. The maximum Gasteiger partial charge on any atom is 0.416 e. The van der Waals surface area contributed by atoms with E-state index in [9.17, 15) is 18.0 Å². The average Bonchev–Trinajstić information content (AvgIpc) is 2.54. The molecule has 0 aliphatic carbocycles. The van der Waals surface area contributed by atoms with Crippen LogP contribution in [0.3, 0.4) is 0 Å². The summed E-state index contributed by atoms with van der Waals surface area (Å²) in [6.07, 6.45) is -3.45. The number of hydrogen-bond acceptors (Lipinski definition) is 1. The Labute approximate surface area is 138 Å². The molecule has 2 amide bonds. The maximum atomic E-state index is 12.5. The lowest BCUT2D eigenvalue weighted by molar-refractivity contribution is -0.137. The molecule has 2 rings (SSSR count). The van der Waals surface area contributed by atoms with Crippen molar-refractivity contribution in [2.24, 2.45) is 0 Å². The van der Waals surface area contributed by atoms with Gasteiger partial charge >= 0.3 is 12.2 Å². The molecule has 0 fully saturated rings. The number of halogens is 3. The van der Waals surface area contributed by atoms with Crippen molar-refractivity contribution in [1.82, 2.24) is 5.32 Å². The molecule has 24 heavy (non-hydrogen) atoms. The molecule has 2 aromatic rings. The lowest BCUT2D eigenvalue weighted by Crippen LogP contribution is -2.31. The van der Waals surface area contributed by atoms with Gasteiger partial charge < -0.3 is 10.6 Å². The first-order valence-corrected chi connectivity index (χ1v) is 7.63. The fraction of sp³-hybridized carbons (Fsp3) is 0.278. The van der Waals surface area contributed by atoms with Crippen LogP contribution in [0.25, 0.3) is 0 Å². The van der Waals surface area contributed by atoms with E-state index in [-0.39, 0.29) is 6.04 Å². The van der Waals surface area contributed by atoms with Gasteiger partial charge in [0.2, 0.25) is 0 Å². The van der Waals surface area contributed by atoms with Gasteiger partial charge in [-0.25, -0.2) is 4.79 Å². The zero-order valence-electron chi connectivity index (χ0n) is 13.4. The summed E-state index contributed by atoms with van der Waals surface area (Å²) in [4.78, 5) is 12.0. The first kappa shape index (κ1) is 17.8. The average molecular weight is 336 g/mol. The number of amides is 2. The van der Waals surface area contributed by atoms with E-state index in [1.54, 1.807) is 0 Å². The summed E-state index contributed by atoms with van der Waals surface area (Å²) < 4.78 is 37.5. The highest BCUT2D eigenvalue weighted by atomic mass is 19.4. The molecule has 0 spiro atoms. The standard InChI is InChI=1S/C18H19F3N2O/c1-3-13-4-6-14(7-5-13)12(2)22-17(24)23-16-10-8-15(9-11-16)18(19,20)21/h4-12H,3H2,1-2H3,(H2,22,23,24). The third-order valence-electron chi connectivity index (χ3n) is 3.71. The van der Waals surface area contributed by atoms with Gasteiger partial charge in [-0.1, -0.05) is 31.2 Å². The van der Waals surface area contributed by atoms with Gasteiger partial charge in [-0.15, -0.1) is 0 Å². The van der Waals surface area contributed by atoms with Gasteiger partial charge in [0.25, 0.3) is 0 Å². The summed E-state index contributed by atoms with van der Waals surface area (Å²) >= 11 is 0. The van der Waals surface area contributed by atoms with Crippen LogP contribution in [0.2, 0.25) is 0 Å². The van der Waals surface area contributed by atoms with Crippen molar-refractivity contribution in [3.05, 3.63) is 65.2 Å². The zero-order valence-corrected chi connectivity index (χ0v) is 13.4. The van der Waals surface area contributed by atoms with E-state index in [1.165, 1.54) is 17.7 Å². The Bertz CT molecular complexity index is 679. The molecular weight excluding hydrogens is 317 g/mol. The third-order valence-corrected chi connectivity index (χ3v) is 3.71. The number of carbonyl (C=O) groups is 1. The second-order valence-corrected chi connectivity index (χ2v) is 5.49. The molecule has 1 unspecified atom stereocenters. The van der Waals surface area contributed by atoms with Crippen LogP contribution >= 0.6 is 0 Å². The highest BCUT2D eigenvalue weighted by Crippen LogP contribution is 2.29. The predicted molar refractivity (Wildman–Crippen MR) is 87.8 cm³/mol. The zero-order chi connectivity index (χ0) is 17.7. The van der Waals surface area contributed by atoms with Crippen LogP contribution in [0.15, 0.2) is 48.5 Å². The minimum absolute atomic E-state index is 0.217. The molecule has 3 nitrogen and oxygen atoms in total. The molecule has 0 aliphatic heterocycles. The SMILES string of the molecule is CCc1ccc(C(C)NC(=O)Nc2ccc(C(F)(F)F)cc2)cc1. The van der Waals surface area contributed by atoms with Crippen LogP contribution in [0.4, 0.5) is 23.7 Å². The second kappa shape index (κ2) is 7.38. The summed E-state index contributed by atoms with van der Waals surface area (Å²) in [7, 11) is 0. The van der Waals surface area contributed by atoms with E-state index in [4.69, 9.17) is 0 Å². The number of alkyl halides is 3. The number of benzene rings is 2. The van der Waals surface area contributed by atoms with Gasteiger partial charge in [-0.3, -0.25) is 0 Å². The normalized spacial score (nSPS) is 12.5. The number of carbonyl (C=O) groups excluding carboxylic acids is 1. The maximum absolute atomic E-state index is 12.5. The lowest BCUT2D eigenvalue weighted by atomic mass is 10.1. The van der Waals surface area contributed by atoms with Crippen LogP contribution < -0.4 is 10.6 Å². The molecule has 2 N–H and O–H groups in total. The summed E-state index contributed by atoms with van der Waals surface area (Å²) in [6.45, 7) is 3.90. The van der Waals surface area contributed by atoms with Crippen LogP contribution in [-0.4, -0.2) is 6.03 Å². The van der Waals surface area contributed by atoms with Crippen molar-refractivity contribution in [3.63, 3.8) is 0 Å². The number of nitrogens with one attached hydrogen (secondary N) is 2. The molecular formula is C18H19F3N2O. The molecule has 2 aromatic carbocycles. The first-order valence-electron chi connectivity index (χ1n) is 7.63. The number of rotatable bonds is 4. The quantitative estimate of drug-likeness (QED) is 0.796. The molecule has 0 bridgehead atoms. The van der Waals surface area contributed by atoms with Crippen molar-refractivity contribution in [2.75, 3.05) is 5.32 Å². The molecule has 0 radical (unpaired) electrons. The number of urea groups is 1. The van der Waals surface area contributed by atoms with E-state index < -0.39 is 17.8 Å². The highest BCUT2D eigenvalue weighted by molar-refractivity contribution is 5.89. The Morgan fingerprint density at radius 1 is 1.04 bits per heavy atom. The molecule has 0 aromatic heterocycles. The topological polar surface area (TPSA) is 41.1 Å². The molecule has 0 saturated heterocycles. The van der Waals surface area contributed by atoms with Crippen LogP contribution in [0, 0.1) is 0 Å². The minimum atomic E-state index is -4.39. The lowest BCUT2D eigenvalue weighted by Gasteiger charge is -2.16. The number of aryl methyl sites for hydroxylation is 1. The van der Waals surface area contributed by atoms with Gasteiger partial charge in [-0.05, 0) is 48.7 Å². The highest BCUT2D eigenvalue weighted by Gasteiger charge is 2.29. The van der Waals surface area contributed by atoms with Gasteiger partial charge in [0.1, 0.15) is 0 Å². The van der Waals surface area contributed by atoms with Gasteiger partial charge in [0.15, 0.2) is 0 Å². The largest absolute Gasteiger partial charge is 0.416 e. The van der Waals surface area contributed by atoms with E-state index in [2.05, 4.69) is 17.6 Å². The smallest absolute Gasteiger partial charge is 0.331 e. The van der Waals surface area contributed by atoms with Crippen molar-refractivity contribution in [1.29, 1.82) is 0 Å². The van der Waals surface area contributed by atoms with Crippen LogP contribution in [-0.2, 0) is 12.6 Å². The Hall–Kier alpha value is -2.50. The van der Waals surface area contributed by atoms with Crippen molar-refractivity contribution >= 4 is 11.7 Å². The van der Waals surface area contributed by atoms with E-state index in [1.807, 2.05) is 31.2 Å². The first-order chi connectivity index (χ1) is 11.3. The Morgan fingerprint density at radius 3 is 2.12 bits per heavy atom. The minimum Gasteiger partial charge on any atom is -0.331 e. The Morgan fingerprint density at radius 2 is 1.62 bits per heavy atom.